The van der Waals surface area contributed by atoms with Crippen molar-refractivity contribution in [1.29, 1.82) is 0 Å². The summed E-state index contributed by atoms with van der Waals surface area (Å²) in [7, 11) is 1.91. The first-order chi connectivity index (χ1) is 11.5. The summed E-state index contributed by atoms with van der Waals surface area (Å²) in [5.41, 5.74) is 4.16. The van der Waals surface area contributed by atoms with Crippen molar-refractivity contribution in [3.63, 3.8) is 0 Å². The second-order valence-corrected chi connectivity index (χ2v) is 6.83. The number of pyridine rings is 1. The number of nitrogens with zero attached hydrogens (tertiary/aromatic N) is 2. The van der Waals surface area contributed by atoms with Crippen molar-refractivity contribution in [3.05, 3.63) is 41.2 Å². The maximum absolute atomic E-state index is 12.7. The van der Waals surface area contributed by atoms with Crippen LogP contribution in [0, 0.1) is 13.8 Å². The van der Waals surface area contributed by atoms with E-state index in [1.807, 2.05) is 32.0 Å². The number of nitrogens with one attached hydrogen (secondary N) is 1. The monoisotopic (exact) mass is 387 g/mol. The molecule has 0 saturated carbocycles. The van der Waals surface area contributed by atoms with Gasteiger partial charge in [-0.15, -0.1) is 0 Å². The van der Waals surface area contributed by atoms with E-state index in [1.165, 1.54) is 0 Å². The minimum absolute atomic E-state index is 0. The predicted octanol–water partition coefficient (Wildman–Crippen LogP) is -0.808. The summed E-state index contributed by atoms with van der Waals surface area (Å²) in [5, 5.41) is 0.430. The van der Waals surface area contributed by atoms with Crippen LogP contribution in [0.5, 0.6) is 11.5 Å². The average Bonchev–Trinajstić information content (AvgIpc) is 3.01. The number of imidazole rings is 1. The number of rotatable bonds is 5. The summed E-state index contributed by atoms with van der Waals surface area (Å²) in [6.45, 7) is 3.86. The quantitative estimate of drug-likeness (QED) is 0.576. The van der Waals surface area contributed by atoms with Crippen molar-refractivity contribution in [2.24, 2.45) is 0 Å². The number of hydrogen-bond acceptors (Lipinski definition) is 5. The Morgan fingerprint density at radius 2 is 1.96 bits per heavy atom. The van der Waals surface area contributed by atoms with E-state index in [2.05, 4.69) is 15.0 Å². The number of aryl methyl sites for hydroxylation is 1. The molecule has 3 rings (SSSR count). The Bertz CT molecular complexity index is 936. The summed E-state index contributed by atoms with van der Waals surface area (Å²) in [6.07, 6.45) is 1.74. The molecule has 0 aliphatic heterocycles. The van der Waals surface area contributed by atoms with Crippen LogP contribution in [-0.4, -0.2) is 38.9 Å². The molecule has 26 heavy (non-hydrogen) atoms. The molecule has 3 aromatic rings. The van der Waals surface area contributed by atoms with Crippen LogP contribution in [-0.2, 0) is 16.6 Å². The number of aromatic nitrogens is 3. The van der Waals surface area contributed by atoms with Gasteiger partial charge in [0.2, 0.25) is 0 Å². The number of benzene rings is 1. The fourth-order valence-electron chi connectivity index (χ4n) is 2.61. The third-order valence-electron chi connectivity index (χ3n) is 3.90. The van der Waals surface area contributed by atoms with Crippen molar-refractivity contribution in [1.82, 2.24) is 15.0 Å². The minimum Gasteiger partial charge on any atom is -1.00 e. The summed E-state index contributed by atoms with van der Waals surface area (Å²) in [6, 6.07) is 5.50. The van der Waals surface area contributed by atoms with Crippen LogP contribution < -0.4 is 39.0 Å². The van der Waals surface area contributed by atoms with Crippen molar-refractivity contribution in [3.8, 4) is 11.5 Å². The van der Waals surface area contributed by atoms with Gasteiger partial charge in [-0.3, -0.25) is 9.19 Å². The first kappa shape index (κ1) is 22.6. The molecule has 0 amide bonds. The summed E-state index contributed by atoms with van der Waals surface area (Å²) in [5.74, 6) is 1.79. The molecule has 1 atom stereocenters. The Hall–Kier alpha value is -1.45. The molecule has 9 heteroatoms. The molecule has 7 nitrogen and oxygen atoms in total. The van der Waals surface area contributed by atoms with Crippen molar-refractivity contribution in [2.45, 2.75) is 24.8 Å². The van der Waals surface area contributed by atoms with E-state index in [0.29, 0.717) is 5.16 Å². The van der Waals surface area contributed by atoms with Crippen LogP contribution >= 0.6 is 0 Å². The zero-order valence-electron chi connectivity index (χ0n) is 16.5. The van der Waals surface area contributed by atoms with Gasteiger partial charge in [0.25, 0.3) is 0 Å². The van der Waals surface area contributed by atoms with Gasteiger partial charge in [-0.2, -0.15) is 0 Å². The molecular weight excluding hydrogens is 365 g/mol. The maximum atomic E-state index is 12.7. The molecule has 0 aliphatic rings. The van der Waals surface area contributed by atoms with Crippen LogP contribution in [0.25, 0.3) is 11.0 Å². The third-order valence-corrected chi connectivity index (χ3v) is 5.06. The molecule has 0 saturated heterocycles. The van der Waals surface area contributed by atoms with Gasteiger partial charge < -0.3 is 21.4 Å². The van der Waals surface area contributed by atoms with Crippen LogP contribution in [0.3, 0.4) is 0 Å². The first-order valence-electron chi connectivity index (χ1n) is 7.44. The predicted molar refractivity (Wildman–Crippen MR) is 97.7 cm³/mol. The SMILES string of the molecule is COc1ccc2nc(S(=O)Cc3ncc(C)c(OC)c3C)[nH]c2c1.O.[H-].[Na+]. The Balaban J connectivity index is 0.00000225. The van der Waals surface area contributed by atoms with Gasteiger partial charge in [-0.25, -0.2) is 4.98 Å². The Morgan fingerprint density at radius 1 is 1.23 bits per heavy atom. The van der Waals surface area contributed by atoms with Crippen LogP contribution in [0.2, 0.25) is 0 Å². The smallest absolute Gasteiger partial charge is 1.00 e. The number of methoxy groups -OCH3 is 2. The molecule has 2 heterocycles. The van der Waals surface area contributed by atoms with Gasteiger partial charge in [-0.1, -0.05) is 0 Å². The van der Waals surface area contributed by atoms with E-state index in [-0.39, 0.29) is 42.2 Å². The minimum atomic E-state index is -1.33. The number of H-pyrrole nitrogens is 1. The molecule has 0 aliphatic carbocycles. The largest absolute Gasteiger partial charge is 1.00 e. The molecule has 2 aromatic heterocycles. The van der Waals surface area contributed by atoms with Gasteiger partial charge in [0.15, 0.2) is 5.16 Å². The zero-order valence-corrected chi connectivity index (χ0v) is 18.4. The van der Waals surface area contributed by atoms with Gasteiger partial charge in [-0.05, 0) is 26.0 Å². The van der Waals surface area contributed by atoms with E-state index < -0.39 is 10.8 Å². The summed E-state index contributed by atoms with van der Waals surface area (Å²) < 4.78 is 23.3. The standard InChI is InChI=1S/C17H19N3O3S.Na.H2O.H/c1-10-8-18-15(11(2)16(10)23-4)9-24(21)17-19-13-6-5-12(22-3)7-14(13)20-17;;;/h5-8H,9H2,1-4H3,(H,19,20);;1H2;/q;+1;;-1. The second kappa shape index (κ2) is 9.48. The average molecular weight is 387 g/mol. The van der Waals surface area contributed by atoms with Crippen molar-refractivity contribution >= 4 is 21.8 Å². The maximum Gasteiger partial charge on any atom is 1.00 e. The fourth-order valence-corrected chi connectivity index (χ4v) is 3.71. The zero-order chi connectivity index (χ0) is 17.3. The van der Waals surface area contributed by atoms with Crippen molar-refractivity contribution in [2.75, 3.05) is 14.2 Å². The fraction of sp³-hybridized carbons (Fsp3) is 0.294. The summed E-state index contributed by atoms with van der Waals surface area (Å²) in [4.78, 5) is 11.9. The third kappa shape index (κ3) is 4.44. The van der Waals surface area contributed by atoms with E-state index in [0.717, 1.165) is 39.4 Å². The molecule has 0 radical (unpaired) electrons. The van der Waals surface area contributed by atoms with Gasteiger partial charge >= 0.3 is 29.6 Å². The molecule has 136 valence electrons. The van der Waals surface area contributed by atoms with Crippen LogP contribution in [0.4, 0.5) is 0 Å². The Labute approximate surface area is 178 Å². The topological polar surface area (TPSA) is 109 Å². The van der Waals surface area contributed by atoms with Crippen LogP contribution in [0.1, 0.15) is 18.2 Å². The van der Waals surface area contributed by atoms with Gasteiger partial charge in [0.05, 0.1) is 47.5 Å². The molecular formula is C17H22N3NaO4S. The van der Waals surface area contributed by atoms with Crippen LogP contribution in [0.15, 0.2) is 29.6 Å². The van der Waals surface area contributed by atoms with E-state index in [1.54, 1.807) is 20.4 Å². The first-order valence-corrected chi connectivity index (χ1v) is 8.76. The molecule has 1 unspecified atom stereocenters. The Kier molecular flexibility index (Phi) is 8.23. The van der Waals surface area contributed by atoms with E-state index in [4.69, 9.17) is 9.47 Å². The van der Waals surface area contributed by atoms with Gasteiger partial charge in [0.1, 0.15) is 11.5 Å². The van der Waals surface area contributed by atoms with Gasteiger partial charge in [0, 0.05) is 23.4 Å². The normalized spacial score (nSPS) is 11.4. The number of hydrogen-bond donors (Lipinski definition) is 1. The number of ether oxygens (including phenoxy) is 2. The molecule has 0 bridgehead atoms. The second-order valence-electron chi connectivity index (χ2n) is 5.46. The van der Waals surface area contributed by atoms with Crippen molar-refractivity contribution < 1.29 is 50.1 Å². The summed E-state index contributed by atoms with van der Waals surface area (Å²) >= 11 is 0. The molecule has 1 aromatic carbocycles. The van der Waals surface area contributed by atoms with E-state index in [9.17, 15) is 4.21 Å². The number of aromatic amines is 1. The molecule has 3 N–H and O–H groups in total. The Morgan fingerprint density at radius 3 is 2.62 bits per heavy atom. The van der Waals surface area contributed by atoms with E-state index >= 15 is 0 Å². The number of fused-ring (bicyclic) bond motifs is 1. The molecule has 0 spiro atoms. The molecule has 0 fully saturated rings.